The molecule has 6 heteroatoms. The molecule has 0 aliphatic carbocycles. The van der Waals surface area contributed by atoms with Gasteiger partial charge in [-0.25, -0.2) is 0 Å². The lowest BCUT2D eigenvalue weighted by Crippen LogP contribution is -2.14. The zero-order valence-electron chi connectivity index (χ0n) is 10.6. The van der Waals surface area contributed by atoms with Gasteiger partial charge in [-0.2, -0.15) is 0 Å². The van der Waals surface area contributed by atoms with Gasteiger partial charge in [-0.15, -0.1) is 5.10 Å². The highest BCUT2D eigenvalue weighted by Gasteiger charge is 2.30. The summed E-state index contributed by atoms with van der Waals surface area (Å²) < 4.78 is 16.5. The van der Waals surface area contributed by atoms with Gasteiger partial charge in [0.1, 0.15) is 0 Å². The summed E-state index contributed by atoms with van der Waals surface area (Å²) in [5, 5.41) is 11.3. The highest BCUT2D eigenvalue weighted by Crippen LogP contribution is 2.30. The van der Waals surface area contributed by atoms with Gasteiger partial charge >= 0.3 is 6.01 Å². The molecule has 1 N–H and O–H groups in total. The SMILES string of the molecule is CC1OCCC1c1nnc(NCC2CCOC2)o1. The highest BCUT2D eigenvalue weighted by atomic mass is 16.5. The Labute approximate surface area is 106 Å². The van der Waals surface area contributed by atoms with Crippen LogP contribution in [0, 0.1) is 5.92 Å². The van der Waals surface area contributed by atoms with Crippen LogP contribution in [-0.2, 0) is 9.47 Å². The molecule has 0 saturated carbocycles. The lowest BCUT2D eigenvalue weighted by atomic mass is 10.0. The maximum atomic E-state index is 5.64. The maximum Gasteiger partial charge on any atom is 0.315 e. The van der Waals surface area contributed by atoms with Crippen molar-refractivity contribution in [1.29, 1.82) is 0 Å². The molecule has 0 aromatic carbocycles. The van der Waals surface area contributed by atoms with Gasteiger partial charge in [0.05, 0.1) is 18.6 Å². The number of rotatable bonds is 4. The normalized spacial score (nSPS) is 31.9. The van der Waals surface area contributed by atoms with Crippen LogP contribution in [0.1, 0.15) is 31.6 Å². The Morgan fingerprint density at radius 3 is 2.94 bits per heavy atom. The standard InChI is InChI=1S/C12H19N3O3/c1-8-10(3-5-17-8)11-14-15-12(18-11)13-6-9-2-4-16-7-9/h8-10H,2-7H2,1H3,(H,13,15). The van der Waals surface area contributed by atoms with Crippen LogP contribution in [0.4, 0.5) is 6.01 Å². The van der Waals surface area contributed by atoms with Crippen LogP contribution in [0.15, 0.2) is 4.42 Å². The second-order valence-electron chi connectivity index (χ2n) is 5.03. The smallest absolute Gasteiger partial charge is 0.315 e. The van der Waals surface area contributed by atoms with Crippen LogP contribution < -0.4 is 5.32 Å². The van der Waals surface area contributed by atoms with Gasteiger partial charge in [0.25, 0.3) is 0 Å². The van der Waals surface area contributed by atoms with Crippen molar-refractivity contribution in [2.45, 2.75) is 31.8 Å². The Hall–Kier alpha value is -1.14. The van der Waals surface area contributed by atoms with Crippen molar-refractivity contribution >= 4 is 6.01 Å². The topological polar surface area (TPSA) is 69.4 Å². The van der Waals surface area contributed by atoms with E-state index in [4.69, 9.17) is 13.9 Å². The van der Waals surface area contributed by atoms with E-state index in [2.05, 4.69) is 15.5 Å². The van der Waals surface area contributed by atoms with Gasteiger partial charge in [-0.3, -0.25) is 0 Å². The quantitative estimate of drug-likeness (QED) is 0.875. The van der Waals surface area contributed by atoms with Crippen molar-refractivity contribution < 1.29 is 13.9 Å². The minimum Gasteiger partial charge on any atom is -0.408 e. The predicted molar refractivity (Wildman–Crippen MR) is 64.5 cm³/mol. The van der Waals surface area contributed by atoms with Crippen molar-refractivity contribution in [2.75, 3.05) is 31.7 Å². The number of nitrogens with zero attached hydrogens (tertiary/aromatic N) is 2. The molecule has 2 aliphatic rings. The van der Waals surface area contributed by atoms with E-state index in [9.17, 15) is 0 Å². The molecule has 2 fully saturated rings. The maximum absolute atomic E-state index is 5.64. The van der Waals surface area contributed by atoms with Crippen LogP contribution in [-0.4, -0.2) is 42.7 Å². The Kier molecular flexibility index (Phi) is 3.47. The highest BCUT2D eigenvalue weighted by molar-refractivity contribution is 5.18. The molecule has 0 amide bonds. The Morgan fingerprint density at radius 1 is 1.28 bits per heavy atom. The number of anilines is 1. The van der Waals surface area contributed by atoms with E-state index in [1.54, 1.807) is 0 Å². The third-order valence-corrected chi connectivity index (χ3v) is 3.70. The summed E-state index contributed by atoms with van der Waals surface area (Å²) in [7, 11) is 0. The largest absolute Gasteiger partial charge is 0.408 e. The van der Waals surface area contributed by atoms with Crippen LogP contribution >= 0.6 is 0 Å². The summed E-state index contributed by atoms with van der Waals surface area (Å²) in [6, 6.07) is 0.510. The first-order valence-corrected chi connectivity index (χ1v) is 6.59. The third kappa shape index (κ3) is 2.49. The zero-order valence-corrected chi connectivity index (χ0v) is 10.6. The molecule has 100 valence electrons. The molecule has 0 bridgehead atoms. The Bertz CT molecular complexity index is 390. The number of aromatic nitrogens is 2. The minimum absolute atomic E-state index is 0.168. The predicted octanol–water partition coefficient (Wildman–Crippen LogP) is 1.41. The summed E-state index contributed by atoms with van der Waals surface area (Å²) >= 11 is 0. The average molecular weight is 253 g/mol. The molecule has 0 spiro atoms. The number of ether oxygens (including phenoxy) is 2. The molecule has 2 saturated heterocycles. The summed E-state index contributed by atoms with van der Waals surface area (Å²) in [6.45, 7) is 5.33. The van der Waals surface area contributed by atoms with E-state index in [1.807, 2.05) is 6.92 Å². The molecule has 3 heterocycles. The molecular weight excluding hydrogens is 234 g/mol. The number of hydrogen-bond acceptors (Lipinski definition) is 6. The molecule has 6 nitrogen and oxygen atoms in total. The van der Waals surface area contributed by atoms with Gasteiger partial charge in [0.15, 0.2) is 0 Å². The van der Waals surface area contributed by atoms with E-state index < -0.39 is 0 Å². The lowest BCUT2D eigenvalue weighted by Gasteiger charge is -2.09. The molecule has 1 aromatic heterocycles. The van der Waals surface area contributed by atoms with Crippen LogP contribution in [0.3, 0.4) is 0 Å². The van der Waals surface area contributed by atoms with E-state index in [-0.39, 0.29) is 12.0 Å². The van der Waals surface area contributed by atoms with Gasteiger partial charge in [0.2, 0.25) is 5.89 Å². The van der Waals surface area contributed by atoms with Crippen molar-refractivity contribution in [1.82, 2.24) is 10.2 Å². The monoisotopic (exact) mass is 253 g/mol. The summed E-state index contributed by atoms with van der Waals surface area (Å²) in [5.74, 6) is 1.47. The average Bonchev–Trinajstić information content (AvgIpc) is 3.07. The van der Waals surface area contributed by atoms with E-state index in [0.717, 1.165) is 39.2 Å². The first-order chi connectivity index (χ1) is 8.83. The minimum atomic E-state index is 0.168. The second kappa shape index (κ2) is 5.24. The van der Waals surface area contributed by atoms with Gasteiger partial charge in [0, 0.05) is 25.7 Å². The fraction of sp³-hybridized carbons (Fsp3) is 0.833. The van der Waals surface area contributed by atoms with Crippen molar-refractivity contribution in [3.05, 3.63) is 5.89 Å². The number of nitrogens with one attached hydrogen (secondary N) is 1. The molecule has 3 rings (SSSR count). The second-order valence-corrected chi connectivity index (χ2v) is 5.03. The summed E-state index contributed by atoms with van der Waals surface area (Å²) in [5.41, 5.74) is 0. The van der Waals surface area contributed by atoms with Gasteiger partial charge in [-0.05, 0) is 19.8 Å². The molecular formula is C12H19N3O3. The number of hydrogen-bond donors (Lipinski definition) is 1. The van der Waals surface area contributed by atoms with Gasteiger partial charge in [-0.1, -0.05) is 5.10 Å². The van der Waals surface area contributed by atoms with Crippen LogP contribution in [0.25, 0.3) is 0 Å². The van der Waals surface area contributed by atoms with Crippen LogP contribution in [0.2, 0.25) is 0 Å². The lowest BCUT2D eigenvalue weighted by molar-refractivity contribution is 0.114. The zero-order chi connectivity index (χ0) is 12.4. The Balaban J connectivity index is 1.55. The Morgan fingerprint density at radius 2 is 2.22 bits per heavy atom. The first-order valence-electron chi connectivity index (χ1n) is 6.59. The van der Waals surface area contributed by atoms with E-state index in [1.165, 1.54) is 0 Å². The molecule has 3 atom stereocenters. The van der Waals surface area contributed by atoms with Crippen molar-refractivity contribution in [3.63, 3.8) is 0 Å². The third-order valence-electron chi connectivity index (χ3n) is 3.70. The summed E-state index contributed by atoms with van der Waals surface area (Å²) in [6.07, 6.45) is 2.22. The van der Waals surface area contributed by atoms with E-state index in [0.29, 0.717) is 17.8 Å². The first kappa shape index (κ1) is 11.9. The van der Waals surface area contributed by atoms with Crippen molar-refractivity contribution in [3.8, 4) is 0 Å². The van der Waals surface area contributed by atoms with Crippen LogP contribution in [0.5, 0.6) is 0 Å². The fourth-order valence-corrected chi connectivity index (χ4v) is 2.49. The molecule has 3 unspecified atom stereocenters. The summed E-state index contributed by atoms with van der Waals surface area (Å²) in [4.78, 5) is 0. The molecule has 18 heavy (non-hydrogen) atoms. The molecule has 0 radical (unpaired) electrons. The van der Waals surface area contributed by atoms with Crippen molar-refractivity contribution in [2.24, 2.45) is 5.92 Å². The molecule has 1 aromatic rings. The fourth-order valence-electron chi connectivity index (χ4n) is 2.49. The van der Waals surface area contributed by atoms with Gasteiger partial charge < -0.3 is 19.2 Å². The molecule has 2 aliphatic heterocycles. The van der Waals surface area contributed by atoms with E-state index >= 15 is 0 Å².